The fourth-order valence-corrected chi connectivity index (χ4v) is 3.07. The molecule has 0 saturated carbocycles. The van der Waals surface area contributed by atoms with Crippen molar-refractivity contribution in [1.82, 2.24) is 4.98 Å². The minimum atomic E-state index is -0.406. The summed E-state index contributed by atoms with van der Waals surface area (Å²) in [5.41, 5.74) is 0.274. The lowest BCUT2D eigenvalue weighted by Crippen LogP contribution is -2.10. The van der Waals surface area contributed by atoms with Gasteiger partial charge in [0.1, 0.15) is 5.52 Å². The molecule has 1 aromatic heterocycles. The van der Waals surface area contributed by atoms with Crippen LogP contribution >= 0.6 is 38.9 Å². The number of halogens is 3. The molecular weight excluding hydrogens is 343 g/mol. The van der Waals surface area contributed by atoms with E-state index in [1.165, 1.54) is 17.4 Å². The van der Waals surface area contributed by atoms with Crippen LogP contribution in [-0.2, 0) is 4.79 Å². The first-order valence-corrected chi connectivity index (χ1v) is 7.36. The van der Waals surface area contributed by atoms with E-state index in [9.17, 15) is 9.18 Å². The van der Waals surface area contributed by atoms with Gasteiger partial charge in [0.15, 0.2) is 10.9 Å². The topological polar surface area (TPSA) is 42.0 Å². The van der Waals surface area contributed by atoms with Gasteiger partial charge in [-0.25, -0.2) is 9.37 Å². The van der Waals surface area contributed by atoms with Crippen molar-refractivity contribution in [2.24, 2.45) is 0 Å². The first-order chi connectivity index (χ1) is 8.60. The van der Waals surface area contributed by atoms with Crippen LogP contribution in [0.5, 0.6) is 0 Å². The van der Waals surface area contributed by atoms with Crippen LogP contribution in [0.3, 0.4) is 0 Å². The quantitative estimate of drug-likeness (QED) is 0.841. The van der Waals surface area contributed by atoms with Crippen molar-refractivity contribution >= 4 is 60.1 Å². The van der Waals surface area contributed by atoms with Crippen molar-refractivity contribution < 1.29 is 9.18 Å². The predicted molar refractivity (Wildman–Crippen MR) is 75.9 cm³/mol. The van der Waals surface area contributed by atoms with Crippen molar-refractivity contribution in [3.63, 3.8) is 0 Å². The molecular formula is C11H9BrClFN2OS. The SMILES string of the molecule is O=C(CCCCl)Nc1nc2c(F)cc(Br)cc2s1. The van der Waals surface area contributed by atoms with Gasteiger partial charge < -0.3 is 5.32 Å². The predicted octanol–water partition coefficient (Wildman–Crippen LogP) is 4.16. The van der Waals surface area contributed by atoms with E-state index in [4.69, 9.17) is 11.6 Å². The average molecular weight is 352 g/mol. The summed E-state index contributed by atoms with van der Waals surface area (Å²) < 4.78 is 14.9. The number of carbonyl (C=O) groups is 1. The number of carbonyl (C=O) groups excluding carboxylic acids is 1. The Kier molecular flexibility index (Phi) is 4.53. The van der Waals surface area contributed by atoms with E-state index in [0.29, 0.717) is 33.0 Å². The van der Waals surface area contributed by atoms with E-state index in [1.807, 2.05) is 0 Å². The van der Waals surface area contributed by atoms with Crippen molar-refractivity contribution in [3.05, 3.63) is 22.4 Å². The molecule has 2 rings (SSSR count). The number of anilines is 1. The lowest BCUT2D eigenvalue weighted by molar-refractivity contribution is -0.116. The number of thiazole rings is 1. The van der Waals surface area contributed by atoms with E-state index >= 15 is 0 Å². The van der Waals surface area contributed by atoms with Crippen molar-refractivity contribution in [3.8, 4) is 0 Å². The largest absolute Gasteiger partial charge is 0.302 e. The second-order valence-electron chi connectivity index (χ2n) is 3.59. The van der Waals surface area contributed by atoms with Crippen LogP contribution in [0.2, 0.25) is 0 Å². The second-order valence-corrected chi connectivity index (χ2v) is 5.92. The monoisotopic (exact) mass is 350 g/mol. The molecule has 0 unspecified atom stereocenters. The Balaban J connectivity index is 2.20. The first-order valence-electron chi connectivity index (χ1n) is 5.21. The maximum atomic E-state index is 13.6. The Bertz CT molecular complexity index is 590. The lowest BCUT2D eigenvalue weighted by Gasteiger charge is -1.98. The number of rotatable bonds is 4. The lowest BCUT2D eigenvalue weighted by atomic mass is 10.3. The zero-order valence-electron chi connectivity index (χ0n) is 9.17. The Hall–Kier alpha value is -0.720. The van der Waals surface area contributed by atoms with E-state index in [2.05, 4.69) is 26.2 Å². The Morgan fingerprint density at radius 1 is 1.56 bits per heavy atom. The first kappa shape index (κ1) is 13.7. The summed E-state index contributed by atoms with van der Waals surface area (Å²) in [5.74, 6) is -0.125. The van der Waals surface area contributed by atoms with Gasteiger partial charge in [-0.2, -0.15) is 0 Å². The van der Waals surface area contributed by atoms with Gasteiger partial charge in [0.2, 0.25) is 5.91 Å². The summed E-state index contributed by atoms with van der Waals surface area (Å²) in [5, 5.41) is 3.04. The Morgan fingerprint density at radius 3 is 3.06 bits per heavy atom. The molecule has 96 valence electrons. The molecule has 0 aliphatic heterocycles. The zero-order valence-corrected chi connectivity index (χ0v) is 12.3. The third kappa shape index (κ3) is 3.18. The molecule has 7 heteroatoms. The van der Waals surface area contributed by atoms with Crippen LogP contribution in [0.1, 0.15) is 12.8 Å². The number of benzene rings is 1. The number of aromatic nitrogens is 1. The van der Waals surface area contributed by atoms with E-state index < -0.39 is 5.82 Å². The summed E-state index contributed by atoms with van der Waals surface area (Å²) in [4.78, 5) is 15.6. The third-order valence-corrected chi connectivity index (χ3v) is 3.84. The molecule has 0 saturated heterocycles. The molecule has 18 heavy (non-hydrogen) atoms. The number of nitrogens with one attached hydrogen (secondary N) is 1. The van der Waals surface area contributed by atoms with Crippen LogP contribution in [-0.4, -0.2) is 16.8 Å². The minimum Gasteiger partial charge on any atom is -0.302 e. The number of amides is 1. The standard InChI is InChI=1S/C11H9BrClFN2OS/c12-6-4-7(14)10-8(5-6)18-11(16-10)15-9(17)2-1-3-13/h4-5H,1-3H2,(H,15,16,17). The van der Waals surface area contributed by atoms with Crippen molar-refractivity contribution in [2.75, 3.05) is 11.2 Å². The average Bonchev–Trinajstić information content (AvgIpc) is 2.69. The molecule has 0 aliphatic carbocycles. The highest BCUT2D eigenvalue weighted by Crippen LogP contribution is 2.30. The number of nitrogens with zero attached hydrogens (tertiary/aromatic N) is 1. The number of alkyl halides is 1. The molecule has 1 N–H and O–H groups in total. The fourth-order valence-electron chi connectivity index (χ4n) is 1.42. The highest BCUT2D eigenvalue weighted by molar-refractivity contribution is 9.10. The molecule has 1 heterocycles. The van der Waals surface area contributed by atoms with E-state index in [1.54, 1.807) is 6.07 Å². The van der Waals surface area contributed by atoms with Gasteiger partial charge in [-0.3, -0.25) is 4.79 Å². The molecule has 0 spiro atoms. The van der Waals surface area contributed by atoms with Gasteiger partial charge in [0.25, 0.3) is 0 Å². The normalized spacial score (nSPS) is 10.8. The van der Waals surface area contributed by atoms with Gasteiger partial charge >= 0.3 is 0 Å². The molecule has 1 amide bonds. The van der Waals surface area contributed by atoms with Gasteiger partial charge in [0.05, 0.1) is 4.70 Å². The Morgan fingerprint density at radius 2 is 2.33 bits per heavy atom. The van der Waals surface area contributed by atoms with E-state index in [0.717, 1.165) is 0 Å². The van der Waals surface area contributed by atoms with Crippen molar-refractivity contribution in [2.45, 2.75) is 12.8 Å². The van der Waals surface area contributed by atoms with Crippen LogP contribution in [0, 0.1) is 5.82 Å². The van der Waals surface area contributed by atoms with Crippen LogP contribution in [0.15, 0.2) is 16.6 Å². The smallest absolute Gasteiger partial charge is 0.226 e. The highest BCUT2D eigenvalue weighted by atomic mass is 79.9. The van der Waals surface area contributed by atoms with Crippen LogP contribution < -0.4 is 5.32 Å². The van der Waals surface area contributed by atoms with Gasteiger partial charge in [-0.1, -0.05) is 27.3 Å². The van der Waals surface area contributed by atoms with Gasteiger partial charge in [-0.05, 0) is 18.6 Å². The highest BCUT2D eigenvalue weighted by Gasteiger charge is 2.11. The molecule has 0 aliphatic rings. The molecule has 0 fully saturated rings. The summed E-state index contributed by atoms with van der Waals surface area (Å²) in [6, 6.07) is 3.12. The third-order valence-electron chi connectivity index (χ3n) is 2.20. The molecule has 0 atom stereocenters. The summed E-state index contributed by atoms with van der Waals surface area (Å²) in [6.07, 6.45) is 0.948. The fraction of sp³-hybridized carbons (Fsp3) is 0.273. The van der Waals surface area contributed by atoms with Crippen LogP contribution in [0.25, 0.3) is 10.2 Å². The maximum Gasteiger partial charge on any atom is 0.226 e. The van der Waals surface area contributed by atoms with Gasteiger partial charge in [-0.15, -0.1) is 11.6 Å². The second kappa shape index (κ2) is 5.95. The maximum absolute atomic E-state index is 13.6. The summed E-state index contributed by atoms with van der Waals surface area (Å²) in [6.45, 7) is 0. The molecule has 0 radical (unpaired) electrons. The van der Waals surface area contributed by atoms with Crippen LogP contribution in [0.4, 0.5) is 9.52 Å². The van der Waals surface area contributed by atoms with Crippen molar-refractivity contribution in [1.29, 1.82) is 0 Å². The molecule has 1 aromatic carbocycles. The summed E-state index contributed by atoms with van der Waals surface area (Å²) in [7, 11) is 0. The number of hydrogen-bond acceptors (Lipinski definition) is 3. The molecule has 0 bridgehead atoms. The summed E-state index contributed by atoms with van der Waals surface area (Å²) >= 11 is 9.96. The number of hydrogen-bond donors (Lipinski definition) is 1. The zero-order chi connectivity index (χ0) is 13.1. The molecule has 2 aromatic rings. The number of fused-ring (bicyclic) bond motifs is 1. The van der Waals surface area contributed by atoms with E-state index in [-0.39, 0.29) is 11.4 Å². The van der Waals surface area contributed by atoms with Gasteiger partial charge in [0, 0.05) is 16.8 Å². The minimum absolute atomic E-state index is 0.158. The Labute approximate surface area is 120 Å². The molecule has 3 nitrogen and oxygen atoms in total.